The van der Waals surface area contributed by atoms with E-state index in [2.05, 4.69) is 10.3 Å². The second kappa shape index (κ2) is 7.69. The number of anilines is 1. The number of unbranched alkanes of at least 4 members (excludes halogenated alkanes) is 1. The highest BCUT2D eigenvalue weighted by Gasteiger charge is 2.15. The summed E-state index contributed by atoms with van der Waals surface area (Å²) in [6.45, 7) is 0. The lowest BCUT2D eigenvalue weighted by Crippen LogP contribution is -2.11. The summed E-state index contributed by atoms with van der Waals surface area (Å²) < 4.78 is 0. The van der Waals surface area contributed by atoms with Gasteiger partial charge in [0.25, 0.3) is 0 Å². The number of pyridine rings is 1. The summed E-state index contributed by atoms with van der Waals surface area (Å²) in [4.78, 5) is 15.6. The van der Waals surface area contributed by atoms with Crippen molar-refractivity contribution in [2.24, 2.45) is 0 Å². The fourth-order valence-electron chi connectivity index (χ4n) is 1.88. The summed E-state index contributed by atoms with van der Waals surface area (Å²) in [6.07, 6.45) is 8.69. The molecule has 1 aromatic heterocycles. The molecule has 1 fully saturated rings. The maximum atomic E-state index is 11.7. The molecule has 0 aromatic carbocycles. The van der Waals surface area contributed by atoms with E-state index in [9.17, 15) is 4.79 Å². The van der Waals surface area contributed by atoms with Crippen molar-refractivity contribution >= 4 is 33.2 Å². The van der Waals surface area contributed by atoms with Crippen molar-refractivity contribution in [3.05, 3.63) is 24.5 Å². The summed E-state index contributed by atoms with van der Waals surface area (Å²) in [5.74, 6) is 1.38. The van der Waals surface area contributed by atoms with Crippen molar-refractivity contribution in [1.29, 1.82) is 0 Å². The van der Waals surface area contributed by atoms with Crippen molar-refractivity contribution in [1.82, 2.24) is 4.98 Å². The van der Waals surface area contributed by atoms with Crippen molar-refractivity contribution in [2.75, 3.05) is 11.1 Å². The first-order valence-electron chi connectivity index (χ1n) is 6.33. The number of hydrogen-bond donors (Lipinski definition) is 1. The Morgan fingerprint density at radius 3 is 3.17 bits per heavy atom. The van der Waals surface area contributed by atoms with E-state index in [1.165, 1.54) is 18.6 Å². The van der Waals surface area contributed by atoms with Crippen molar-refractivity contribution in [2.45, 2.75) is 37.4 Å². The van der Waals surface area contributed by atoms with Crippen molar-refractivity contribution in [3.63, 3.8) is 0 Å². The Morgan fingerprint density at radius 1 is 1.50 bits per heavy atom. The third kappa shape index (κ3) is 4.90. The van der Waals surface area contributed by atoms with E-state index >= 15 is 0 Å². The number of amides is 1. The van der Waals surface area contributed by atoms with Gasteiger partial charge in [-0.25, -0.2) is 0 Å². The van der Waals surface area contributed by atoms with Gasteiger partial charge in [0.05, 0.1) is 11.9 Å². The number of aromatic nitrogens is 1. The number of nitrogens with zero attached hydrogens (tertiary/aromatic N) is 1. The van der Waals surface area contributed by atoms with Crippen LogP contribution in [0.2, 0.25) is 0 Å². The largest absolute Gasteiger partial charge is 0.325 e. The van der Waals surface area contributed by atoms with Gasteiger partial charge in [-0.1, -0.05) is 28.0 Å². The van der Waals surface area contributed by atoms with Crippen molar-refractivity contribution in [3.8, 4) is 0 Å². The molecule has 1 atom stereocenters. The van der Waals surface area contributed by atoms with Crippen molar-refractivity contribution < 1.29 is 4.79 Å². The second-order valence-electron chi connectivity index (χ2n) is 4.36. The Labute approximate surface area is 116 Å². The normalized spacial score (nSPS) is 18.8. The first-order chi connectivity index (χ1) is 8.84. The van der Waals surface area contributed by atoms with E-state index in [1.807, 2.05) is 33.7 Å². The predicted octanol–water partition coefficient (Wildman–Crippen LogP) is 3.73. The van der Waals surface area contributed by atoms with Crippen LogP contribution in [0.5, 0.6) is 0 Å². The summed E-state index contributed by atoms with van der Waals surface area (Å²) in [6, 6.07) is 3.68. The Kier molecular flexibility index (Phi) is 5.87. The van der Waals surface area contributed by atoms with Crippen LogP contribution < -0.4 is 5.32 Å². The van der Waals surface area contributed by atoms with Crippen LogP contribution >= 0.6 is 21.6 Å². The van der Waals surface area contributed by atoms with Gasteiger partial charge in [0.2, 0.25) is 5.91 Å². The van der Waals surface area contributed by atoms with Gasteiger partial charge in [-0.05, 0) is 31.4 Å². The molecule has 1 saturated heterocycles. The molecule has 1 amide bonds. The molecule has 1 aliphatic rings. The second-order valence-corrected chi connectivity index (χ2v) is 7.15. The van der Waals surface area contributed by atoms with Crippen LogP contribution in [0, 0.1) is 0 Å². The molecule has 5 heteroatoms. The Bertz CT molecular complexity index is 367. The lowest BCUT2D eigenvalue weighted by atomic mass is 10.1. The maximum absolute atomic E-state index is 11.7. The van der Waals surface area contributed by atoms with Crippen LogP contribution in [-0.2, 0) is 4.79 Å². The molecule has 2 rings (SSSR count). The zero-order chi connectivity index (χ0) is 12.6. The first-order valence-corrected chi connectivity index (χ1v) is 8.71. The van der Waals surface area contributed by atoms with Gasteiger partial charge in [-0.3, -0.25) is 9.78 Å². The summed E-state index contributed by atoms with van der Waals surface area (Å²) >= 11 is 0. The highest BCUT2D eigenvalue weighted by molar-refractivity contribution is 8.77. The SMILES string of the molecule is O=C(CCCC[C@H]1CCSS1)Nc1cccnc1. The number of nitrogens with one attached hydrogen (secondary N) is 1. The van der Waals surface area contributed by atoms with Crippen LogP contribution in [0.4, 0.5) is 5.69 Å². The molecule has 18 heavy (non-hydrogen) atoms. The fourth-order valence-corrected chi connectivity index (χ4v) is 4.91. The minimum atomic E-state index is 0.0939. The number of rotatable bonds is 6. The van der Waals surface area contributed by atoms with Crippen LogP contribution in [0.15, 0.2) is 24.5 Å². The third-order valence-corrected chi connectivity index (χ3v) is 5.86. The zero-order valence-electron chi connectivity index (χ0n) is 10.3. The molecule has 0 spiro atoms. The van der Waals surface area contributed by atoms with Crippen LogP contribution in [-0.4, -0.2) is 21.9 Å². The van der Waals surface area contributed by atoms with Gasteiger partial charge in [0, 0.05) is 23.6 Å². The van der Waals surface area contributed by atoms with E-state index < -0.39 is 0 Å². The van der Waals surface area contributed by atoms with E-state index in [-0.39, 0.29) is 5.91 Å². The van der Waals surface area contributed by atoms with Gasteiger partial charge < -0.3 is 5.32 Å². The molecule has 1 N–H and O–H groups in total. The molecular formula is C13H18N2OS2. The molecule has 0 aliphatic carbocycles. The third-order valence-electron chi connectivity index (χ3n) is 2.85. The predicted molar refractivity (Wildman–Crippen MR) is 79.8 cm³/mol. The molecular weight excluding hydrogens is 264 g/mol. The first kappa shape index (κ1) is 13.7. The fraction of sp³-hybridized carbons (Fsp3) is 0.538. The monoisotopic (exact) mass is 282 g/mol. The zero-order valence-corrected chi connectivity index (χ0v) is 11.9. The van der Waals surface area contributed by atoms with E-state index in [0.29, 0.717) is 6.42 Å². The van der Waals surface area contributed by atoms with Crippen LogP contribution in [0.3, 0.4) is 0 Å². The topological polar surface area (TPSA) is 42.0 Å². The highest BCUT2D eigenvalue weighted by atomic mass is 33.1. The minimum absolute atomic E-state index is 0.0939. The average Bonchev–Trinajstić information content (AvgIpc) is 2.89. The minimum Gasteiger partial charge on any atom is -0.325 e. The molecule has 0 unspecified atom stereocenters. The van der Waals surface area contributed by atoms with E-state index in [4.69, 9.17) is 0 Å². The van der Waals surface area contributed by atoms with Crippen LogP contribution in [0.25, 0.3) is 0 Å². The summed E-state index contributed by atoms with van der Waals surface area (Å²) in [5.41, 5.74) is 0.783. The molecule has 1 aliphatic heterocycles. The molecule has 0 radical (unpaired) electrons. The highest BCUT2D eigenvalue weighted by Crippen LogP contribution is 2.39. The molecule has 3 nitrogen and oxygen atoms in total. The molecule has 2 heterocycles. The quantitative estimate of drug-likeness (QED) is 0.637. The number of carbonyl (C=O) groups excluding carboxylic acids is 1. The van der Waals surface area contributed by atoms with E-state index in [0.717, 1.165) is 23.8 Å². The van der Waals surface area contributed by atoms with Gasteiger partial charge in [-0.15, -0.1) is 0 Å². The summed E-state index contributed by atoms with van der Waals surface area (Å²) in [7, 11) is 3.99. The molecule has 0 bridgehead atoms. The Hall–Kier alpha value is -0.680. The van der Waals surface area contributed by atoms with Gasteiger partial charge in [-0.2, -0.15) is 0 Å². The van der Waals surface area contributed by atoms with Gasteiger partial charge in [0.1, 0.15) is 0 Å². The maximum Gasteiger partial charge on any atom is 0.224 e. The van der Waals surface area contributed by atoms with Gasteiger partial charge in [0.15, 0.2) is 0 Å². The molecule has 98 valence electrons. The summed E-state index contributed by atoms with van der Waals surface area (Å²) in [5, 5.41) is 3.68. The lowest BCUT2D eigenvalue weighted by molar-refractivity contribution is -0.116. The Balaban J connectivity index is 1.57. The lowest BCUT2D eigenvalue weighted by Gasteiger charge is -2.07. The smallest absolute Gasteiger partial charge is 0.224 e. The Morgan fingerprint density at radius 2 is 2.44 bits per heavy atom. The number of hydrogen-bond acceptors (Lipinski definition) is 4. The average molecular weight is 282 g/mol. The molecule has 0 saturated carbocycles. The standard InChI is InChI=1S/C13H18N2OS2/c16-13(15-11-4-3-8-14-10-11)6-2-1-5-12-7-9-17-18-12/h3-4,8,10,12H,1-2,5-7,9H2,(H,15,16)/t12-/m0/s1. The number of carbonyl (C=O) groups is 1. The van der Waals surface area contributed by atoms with Crippen LogP contribution in [0.1, 0.15) is 32.1 Å². The van der Waals surface area contributed by atoms with Gasteiger partial charge >= 0.3 is 0 Å². The molecule has 1 aromatic rings. The van der Waals surface area contributed by atoms with E-state index in [1.54, 1.807) is 12.4 Å².